The third-order valence-corrected chi connectivity index (χ3v) is 6.97. The average molecular weight is 515 g/mol. The number of carbonyl (C=O) groups excluding carboxylic acids is 1. The number of ether oxygens (including phenoxy) is 2. The summed E-state index contributed by atoms with van der Waals surface area (Å²) in [6.45, 7) is 3.95. The molecule has 3 heterocycles. The minimum absolute atomic E-state index is 0.104. The summed E-state index contributed by atoms with van der Waals surface area (Å²) >= 11 is 0. The van der Waals surface area contributed by atoms with Gasteiger partial charge in [-0.3, -0.25) is 4.79 Å². The molecular weight excluding hydrogens is 478 g/mol. The molecule has 9 heteroatoms. The van der Waals surface area contributed by atoms with Gasteiger partial charge in [-0.15, -0.1) is 0 Å². The number of hydrogen-bond donors (Lipinski definition) is 1. The Morgan fingerprint density at radius 2 is 1.92 bits per heavy atom. The summed E-state index contributed by atoms with van der Waals surface area (Å²) in [5, 5.41) is 0.555. The molecule has 1 aliphatic carbocycles. The van der Waals surface area contributed by atoms with E-state index in [1.165, 1.54) is 12.3 Å². The lowest BCUT2D eigenvalue weighted by Crippen LogP contribution is -2.22. The third-order valence-electron chi connectivity index (χ3n) is 6.97. The van der Waals surface area contributed by atoms with Gasteiger partial charge in [-0.25, -0.2) is 23.7 Å². The zero-order valence-corrected chi connectivity index (χ0v) is 21.5. The molecule has 0 radical (unpaired) electrons. The van der Waals surface area contributed by atoms with Crippen LogP contribution >= 0.6 is 0 Å². The monoisotopic (exact) mass is 514 g/mol. The van der Waals surface area contributed by atoms with Crippen LogP contribution < -0.4 is 0 Å². The number of Topliss-reactive ketones (excluding diaryl/α,β-unsaturated/α-hetero) is 1. The maximum absolute atomic E-state index is 14.7. The molecule has 1 aliphatic rings. The second kappa shape index (κ2) is 13.7. The minimum Gasteiger partial charge on any atom is -0.379 e. The van der Waals surface area contributed by atoms with Crippen LogP contribution in [0.2, 0.25) is 0 Å². The van der Waals surface area contributed by atoms with Gasteiger partial charge < -0.3 is 14.5 Å². The molecule has 0 unspecified atom stereocenters. The molecule has 3 aromatic rings. The molecule has 3 aromatic heterocycles. The van der Waals surface area contributed by atoms with E-state index in [2.05, 4.69) is 26.9 Å². The van der Waals surface area contributed by atoms with Crippen molar-refractivity contribution in [3.05, 3.63) is 42.0 Å². The number of hydrogen-bond acceptors (Lipinski definition) is 6. The van der Waals surface area contributed by atoms with Gasteiger partial charge in [0.05, 0.1) is 31.3 Å². The van der Waals surface area contributed by atoms with E-state index in [1.54, 1.807) is 6.20 Å². The number of ketones is 1. The predicted molar refractivity (Wildman–Crippen MR) is 137 cm³/mol. The molecule has 1 fully saturated rings. The van der Waals surface area contributed by atoms with Crippen molar-refractivity contribution in [2.75, 3.05) is 26.4 Å². The molecule has 1 N–H and O–H groups in total. The fourth-order valence-electron chi connectivity index (χ4n) is 5.13. The number of nitrogens with zero attached hydrogens (tertiary/aromatic N) is 3. The van der Waals surface area contributed by atoms with E-state index in [9.17, 15) is 13.6 Å². The average Bonchev–Trinajstić information content (AvgIpc) is 3.30. The minimum atomic E-state index is -0.459. The molecule has 200 valence electrons. The maximum atomic E-state index is 14.7. The van der Waals surface area contributed by atoms with Gasteiger partial charge in [0.1, 0.15) is 18.1 Å². The van der Waals surface area contributed by atoms with Crippen molar-refractivity contribution >= 4 is 16.8 Å². The summed E-state index contributed by atoms with van der Waals surface area (Å²) in [5.74, 6) is 0.0444. The van der Waals surface area contributed by atoms with E-state index in [0.29, 0.717) is 54.2 Å². The second-order valence-corrected chi connectivity index (χ2v) is 9.96. The molecule has 4 rings (SSSR count). The number of fused-ring (bicyclic) bond motifs is 1. The molecule has 2 atom stereocenters. The lowest BCUT2D eigenvalue weighted by Gasteiger charge is -2.28. The van der Waals surface area contributed by atoms with Gasteiger partial charge in [-0.1, -0.05) is 39.0 Å². The van der Waals surface area contributed by atoms with Crippen molar-refractivity contribution in [3.8, 4) is 11.4 Å². The first-order chi connectivity index (χ1) is 18.0. The van der Waals surface area contributed by atoms with Crippen molar-refractivity contribution in [2.45, 2.75) is 64.7 Å². The van der Waals surface area contributed by atoms with Gasteiger partial charge in [-0.05, 0) is 37.2 Å². The highest BCUT2D eigenvalue weighted by Crippen LogP contribution is 2.34. The highest BCUT2D eigenvalue weighted by molar-refractivity contribution is 5.91. The molecule has 7 nitrogen and oxygen atoms in total. The van der Waals surface area contributed by atoms with Gasteiger partial charge in [0.2, 0.25) is 0 Å². The van der Waals surface area contributed by atoms with Gasteiger partial charge in [-0.2, -0.15) is 0 Å². The van der Waals surface area contributed by atoms with Crippen molar-refractivity contribution < 1.29 is 23.0 Å². The first-order valence-corrected chi connectivity index (χ1v) is 13.3. The Balaban J connectivity index is 1.27. The maximum Gasteiger partial charge on any atom is 0.163 e. The fourth-order valence-corrected chi connectivity index (χ4v) is 5.13. The lowest BCUT2D eigenvalue weighted by atomic mass is 9.77. The predicted octanol–water partition coefficient (Wildman–Crippen LogP) is 5.83. The van der Waals surface area contributed by atoms with E-state index in [4.69, 9.17) is 9.47 Å². The molecule has 0 saturated heterocycles. The van der Waals surface area contributed by atoms with Gasteiger partial charge in [0.25, 0.3) is 0 Å². The van der Waals surface area contributed by atoms with E-state index in [-0.39, 0.29) is 24.2 Å². The van der Waals surface area contributed by atoms with Crippen LogP contribution in [-0.4, -0.2) is 52.1 Å². The number of rotatable bonds is 14. The van der Waals surface area contributed by atoms with Crippen molar-refractivity contribution in [1.82, 2.24) is 19.9 Å². The molecule has 1 saturated carbocycles. The van der Waals surface area contributed by atoms with Gasteiger partial charge in [0.15, 0.2) is 17.4 Å². The number of nitrogens with one attached hydrogen (secondary N) is 1. The summed E-state index contributed by atoms with van der Waals surface area (Å²) in [6, 6.07) is 1.37. The second-order valence-electron chi connectivity index (χ2n) is 9.96. The van der Waals surface area contributed by atoms with E-state index in [0.717, 1.165) is 57.7 Å². The highest BCUT2D eigenvalue weighted by Gasteiger charge is 2.26. The number of carbonyl (C=O) groups is 1. The molecule has 0 bridgehead atoms. The van der Waals surface area contributed by atoms with Crippen LogP contribution in [0.1, 0.15) is 64.0 Å². The first kappa shape index (κ1) is 27.3. The Morgan fingerprint density at radius 3 is 2.78 bits per heavy atom. The van der Waals surface area contributed by atoms with Crippen LogP contribution in [0, 0.1) is 23.5 Å². The van der Waals surface area contributed by atoms with Crippen molar-refractivity contribution in [3.63, 3.8) is 0 Å². The van der Waals surface area contributed by atoms with E-state index >= 15 is 0 Å². The largest absolute Gasteiger partial charge is 0.379 e. The van der Waals surface area contributed by atoms with Gasteiger partial charge in [0, 0.05) is 30.2 Å². The Kier molecular flexibility index (Phi) is 10.1. The quantitative estimate of drug-likeness (QED) is 0.272. The molecular formula is C28H36F2N4O3. The standard InChI is InChI=1S/C28H36F2N4O3/c1-2-3-4-8-36-9-10-37-18-22(35)12-19-6-5-7-20(11-19)13-26-25(30)17-33-28(34-26)24-16-32-27-23(24)14-21(29)15-31-27/h14-17,19-20H,2-13,18H2,1H3,(H,31,32)/t19-,20+/m1/s1. The molecule has 37 heavy (non-hydrogen) atoms. The summed E-state index contributed by atoms with van der Waals surface area (Å²) in [6.07, 6.45) is 12.1. The number of H-pyrrole nitrogens is 1. The fraction of sp³-hybridized carbons (Fsp3) is 0.571. The smallest absolute Gasteiger partial charge is 0.163 e. The van der Waals surface area contributed by atoms with Crippen LogP contribution in [0.5, 0.6) is 0 Å². The first-order valence-electron chi connectivity index (χ1n) is 13.3. The van der Waals surface area contributed by atoms with Crippen LogP contribution in [-0.2, 0) is 20.7 Å². The number of pyridine rings is 1. The van der Waals surface area contributed by atoms with Crippen LogP contribution in [0.4, 0.5) is 8.78 Å². The lowest BCUT2D eigenvalue weighted by molar-refractivity contribution is -0.125. The third kappa shape index (κ3) is 7.85. The zero-order chi connectivity index (χ0) is 26.0. The molecule has 0 aromatic carbocycles. The Morgan fingerprint density at radius 1 is 1.08 bits per heavy atom. The summed E-state index contributed by atoms with van der Waals surface area (Å²) in [4.78, 5) is 28.1. The number of aromatic amines is 1. The van der Waals surface area contributed by atoms with E-state index in [1.807, 2.05) is 0 Å². The normalized spacial score (nSPS) is 17.9. The molecule has 0 amide bonds. The van der Waals surface area contributed by atoms with Crippen LogP contribution in [0.25, 0.3) is 22.4 Å². The SMILES string of the molecule is CCCCCOCCOCC(=O)C[C@@H]1CCC[C@H](Cc2nc(-c3c[nH]c4ncc(F)cc34)ncc2F)C1. The van der Waals surface area contributed by atoms with Gasteiger partial charge >= 0.3 is 0 Å². The highest BCUT2D eigenvalue weighted by atomic mass is 19.1. The Labute approximate surface area is 216 Å². The van der Waals surface area contributed by atoms with E-state index < -0.39 is 11.6 Å². The number of unbranched alkanes of at least 4 members (excludes halogenated alkanes) is 2. The topological polar surface area (TPSA) is 90.0 Å². The zero-order valence-electron chi connectivity index (χ0n) is 21.5. The number of aromatic nitrogens is 4. The molecule has 0 aliphatic heterocycles. The Bertz CT molecular complexity index is 1170. The van der Waals surface area contributed by atoms with Crippen LogP contribution in [0.3, 0.4) is 0 Å². The Hall–Kier alpha value is -2.78. The molecule has 0 spiro atoms. The van der Waals surface area contributed by atoms with Crippen molar-refractivity contribution in [1.29, 1.82) is 0 Å². The summed E-state index contributed by atoms with van der Waals surface area (Å²) in [7, 11) is 0. The number of halogens is 2. The summed E-state index contributed by atoms with van der Waals surface area (Å²) < 4.78 is 39.4. The summed E-state index contributed by atoms with van der Waals surface area (Å²) in [5.41, 5.74) is 1.46. The van der Waals surface area contributed by atoms with Crippen LogP contribution in [0.15, 0.2) is 24.7 Å². The van der Waals surface area contributed by atoms with Crippen molar-refractivity contribution in [2.24, 2.45) is 11.8 Å².